The summed E-state index contributed by atoms with van der Waals surface area (Å²) < 4.78 is 13.5. The summed E-state index contributed by atoms with van der Waals surface area (Å²) >= 11 is 3.14. The average Bonchev–Trinajstić information content (AvgIpc) is 2.22. The largest absolute Gasteiger partial charge is 0.396 e. The maximum absolute atomic E-state index is 13.1. The monoisotopic (exact) mass is 276 g/mol. The molecule has 4 heteroatoms. The smallest absolute Gasteiger partial charge is 0.137 e. The Kier molecular flexibility index (Phi) is 5.22. The zero-order valence-electron chi connectivity index (χ0n) is 8.29. The number of hydrogen-bond donors (Lipinski definition) is 2. The molecule has 0 amide bonds. The van der Waals surface area contributed by atoms with Crippen molar-refractivity contribution in [2.75, 3.05) is 6.61 Å². The molecule has 15 heavy (non-hydrogen) atoms. The quantitative estimate of drug-likeness (QED) is 0.866. The van der Waals surface area contributed by atoms with Gasteiger partial charge in [0.1, 0.15) is 5.82 Å². The molecule has 2 nitrogen and oxygen atoms in total. The average molecular weight is 277 g/mol. The summed E-state index contributed by atoms with van der Waals surface area (Å²) in [6.45, 7) is 0.0708. The lowest BCUT2D eigenvalue weighted by Gasteiger charge is -2.11. The Hall–Kier alpha value is -0.450. The first-order valence-corrected chi connectivity index (χ1v) is 5.66. The zero-order valence-corrected chi connectivity index (χ0v) is 9.87. The van der Waals surface area contributed by atoms with Crippen LogP contribution in [0.5, 0.6) is 0 Å². The van der Waals surface area contributed by atoms with E-state index in [4.69, 9.17) is 5.11 Å². The molecule has 0 saturated heterocycles. The molecule has 0 radical (unpaired) electrons. The van der Waals surface area contributed by atoms with Crippen molar-refractivity contribution in [3.8, 4) is 0 Å². The zero-order chi connectivity index (χ0) is 11.3. The van der Waals surface area contributed by atoms with Gasteiger partial charge in [-0.05, 0) is 46.8 Å². The summed E-state index contributed by atoms with van der Waals surface area (Å²) in [6.07, 6.45) is 0.960. The van der Waals surface area contributed by atoms with E-state index in [1.54, 1.807) is 12.1 Å². The molecule has 0 aliphatic rings. The van der Waals surface area contributed by atoms with Gasteiger partial charge in [0, 0.05) is 6.61 Å². The van der Waals surface area contributed by atoms with Crippen LogP contribution in [0.15, 0.2) is 22.7 Å². The van der Waals surface area contributed by atoms with E-state index >= 15 is 0 Å². The number of benzene rings is 1. The molecule has 0 aliphatic heterocycles. The number of aliphatic hydroxyl groups is 2. The third kappa shape index (κ3) is 3.89. The molecular weight excluding hydrogens is 263 g/mol. The van der Waals surface area contributed by atoms with Crippen LogP contribution in [0.25, 0.3) is 0 Å². The minimum absolute atomic E-state index is 0.0708. The van der Waals surface area contributed by atoms with Crippen molar-refractivity contribution >= 4 is 15.9 Å². The van der Waals surface area contributed by atoms with Crippen molar-refractivity contribution < 1.29 is 14.6 Å². The summed E-state index contributed by atoms with van der Waals surface area (Å²) in [7, 11) is 0. The molecule has 1 atom stereocenters. The third-order valence-electron chi connectivity index (χ3n) is 2.18. The molecule has 0 saturated carbocycles. The molecule has 0 aromatic heterocycles. The maximum atomic E-state index is 13.1. The Morgan fingerprint density at radius 1 is 1.40 bits per heavy atom. The van der Waals surface area contributed by atoms with E-state index in [-0.39, 0.29) is 12.4 Å². The van der Waals surface area contributed by atoms with Gasteiger partial charge in [-0.15, -0.1) is 0 Å². The van der Waals surface area contributed by atoms with Crippen LogP contribution in [0.4, 0.5) is 4.39 Å². The van der Waals surface area contributed by atoms with Crippen LogP contribution in [-0.4, -0.2) is 22.9 Å². The van der Waals surface area contributed by atoms with Gasteiger partial charge in [-0.3, -0.25) is 0 Å². The van der Waals surface area contributed by atoms with Crippen molar-refractivity contribution in [1.82, 2.24) is 0 Å². The lowest BCUT2D eigenvalue weighted by atomic mass is 10.0. The van der Waals surface area contributed by atoms with E-state index in [1.165, 1.54) is 6.07 Å². The first-order valence-electron chi connectivity index (χ1n) is 4.87. The molecule has 2 N–H and O–H groups in total. The highest BCUT2D eigenvalue weighted by Crippen LogP contribution is 2.22. The van der Waals surface area contributed by atoms with Gasteiger partial charge in [0.05, 0.1) is 10.6 Å². The van der Waals surface area contributed by atoms with Crippen molar-refractivity contribution in [3.05, 3.63) is 34.1 Å². The van der Waals surface area contributed by atoms with E-state index in [1.807, 2.05) is 0 Å². The molecule has 0 bridgehead atoms. The van der Waals surface area contributed by atoms with Gasteiger partial charge in [-0.1, -0.05) is 12.1 Å². The Morgan fingerprint density at radius 2 is 2.13 bits per heavy atom. The molecular formula is C11H14BrFO2. The van der Waals surface area contributed by atoms with E-state index in [0.29, 0.717) is 23.7 Å². The van der Waals surface area contributed by atoms with Gasteiger partial charge in [0.15, 0.2) is 0 Å². The van der Waals surface area contributed by atoms with Crippen LogP contribution in [0.1, 0.15) is 18.4 Å². The second-order valence-electron chi connectivity index (χ2n) is 3.44. The van der Waals surface area contributed by atoms with E-state index < -0.39 is 6.10 Å². The summed E-state index contributed by atoms with van der Waals surface area (Å²) in [4.78, 5) is 0. The van der Waals surface area contributed by atoms with Crippen molar-refractivity contribution in [2.45, 2.75) is 25.4 Å². The Balaban J connectivity index is 2.60. The molecule has 0 aliphatic carbocycles. The van der Waals surface area contributed by atoms with Crippen LogP contribution in [0.2, 0.25) is 0 Å². The lowest BCUT2D eigenvalue weighted by Crippen LogP contribution is -2.11. The van der Waals surface area contributed by atoms with Gasteiger partial charge in [-0.2, -0.15) is 0 Å². The van der Waals surface area contributed by atoms with Gasteiger partial charge >= 0.3 is 0 Å². The van der Waals surface area contributed by atoms with E-state index in [2.05, 4.69) is 15.9 Å². The Bertz CT molecular complexity index is 317. The van der Waals surface area contributed by atoms with Crippen LogP contribution >= 0.6 is 15.9 Å². The fourth-order valence-corrected chi connectivity index (χ4v) is 1.82. The fraction of sp³-hybridized carbons (Fsp3) is 0.455. The van der Waals surface area contributed by atoms with Crippen LogP contribution in [0, 0.1) is 5.82 Å². The first-order chi connectivity index (χ1) is 7.15. The van der Waals surface area contributed by atoms with E-state index in [0.717, 1.165) is 5.56 Å². The molecule has 0 spiro atoms. The normalized spacial score (nSPS) is 12.8. The lowest BCUT2D eigenvalue weighted by molar-refractivity contribution is 0.149. The summed E-state index contributed by atoms with van der Waals surface area (Å²) in [5, 5.41) is 18.2. The van der Waals surface area contributed by atoms with Gasteiger partial charge < -0.3 is 10.2 Å². The standard InChI is InChI=1S/C11H14BrFO2/c12-11-8(3-1-5-10(11)13)7-9(15)4-2-6-14/h1,3,5,9,14-15H,2,4,6-7H2. The number of rotatable bonds is 5. The SMILES string of the molecule is OCCCC(O)Cc1cccc(F)c1Br. The second kappa shape index (κ2) is 6.20. The summed E-state index contributed by atoms with van der Waals surface area (Å²) in [5.41, 5.74) is 0.750. The minimum atomic E-state index is -0.532. The maximum Gasteiger partial charge on any atom is 0.137 e. The number of hydrogen-bond acceptors (Lipinski definition) is 2. The topological polar surface area (TPSA) is 40.5 Å². The van der Waals surface area contributed by atoms with Gasteiger partial charge in [0.25, 0.3) is 0 Å². The minimum Gasteiger partial charge on any atom is -0.396 e. The van der Waals surface area contributed by atoms with Gasteiger partial charge in [-0.25, -0.2) is 4.39 Å². The summed E-state index contributed by atoms with van der Waals surface area (Å²) in [5.74, 6) is -0.318. The second-order valence-corrected chi connectivity index (χ2v) is 4.23. The van der Waals surface area contributed by atoms with Crippen LogP contribution in [-0.2, 0) is 6.42 Å². The molecule has 1 aromatic carbocycles. The van der Waals surface area contributed by atoms with Crippen molar-refractivity contribution in [3.63, 3.8) is 0 Å². The number of halogens is 2. The molecule has 84 valence electrons. The first kappa shape index (κ1) is 12.6. The fourth-order valence-electron chi connectivity index (χ4n) is 1.39. The molecule has 0 fully saturated rings. The van der Waals surface area contributed by atoms with Crippen molar-refractivity contribution in [2.24, 2.45) is 0 Å². The van der Waals surface area contributed by atoms with E-state index in [9.17, 15) is 9.50 Å². The third-order valence-corrected chi connectivity index (χ3v) is 3.07. The molecule has 1 rings (SSSR count). The Labute approximate surface area is 96.9 Å². The predicted octanol–water partition coefficient (Wildman–Crippen LogP) is 2.26. The van der Waals surface area contributed by atoms with Crippen molar-refractivity contribution in [1.29, 1.82) is 0 Å². The highest BCUT2D eigenvalue weighted by molar-refractivity contribution is 9.10. The molecule has 1 aromatic rings. The highest BCUT2D eigenvalue weighted by Gasteiger charge is 2.10. The molecule has 0 heterocycles. The number of aliphatic hydroxyl groups excluding tert-OH is 2. The Morgan fingerprint density at radius 3 is 2.80 bits per heavy atom. The predicted molar refractivity (Wildman–Crippen MR) is 60.1 cm³/mol. The van der Waals surface area contributed by atoms with Crippen LogP contribution in [0.3, 0.4) is 0 Å². The van der Waals surface area contributed by atoms with Crippen LogP contribution < -0.4 is 0 Å². The highest BCUT2D eigenvalue weighted by atomic mass is 79.9. The summed E-state index contributed by atoms with van der Waals surface area (Å²) in [6, 6.07) is 4.76. The van der Waals surface area contributed by atoms with Gasteiger partial charge in [0.2, 0.25) is 0 Å². The molecule has 1 unspecified atom stereocenters.